The summed E-state index contributed by atoms with van der Waals surface area (Å²) in [6.07, 6.45) is 6.76. The zero-order valence-electron chi connectivity index (χ0n) is 17.8. The van der Waals surface area contributed by atoms with Crippen LogP contribution < -0.4 is 5.32 Å². The predicted molar refractivity (Wildman–Crippen MR) is 123 cm³/mol. The van der Waals surface area contributed by atoms with Gasteiger partial charge in [-0.3, -0.25) is 4.79 Å². The van der Waals surface area contributed by atoms with Gasteiger partial charge in [-0.1, -0.05) is 11.6 Å². The number of amides is 1. The molecule has 0 saturated heterocycles. The molecule has 1 amide bonds. The third-order valence-corrected chi connectivity index (χ3v) is 8.56. The second kappa shape index (κ2) is 8.94. The molecule has 2 aromatic carbocycles. The third-order valence-electron chi connectivity index (χ3n) is 6.81. The normalized spacial score (nSPS) is 26.0. The number of imidazole rings is 1. The van der Waals surface area contributed by atoms with E-state index in [1.165, 1.54) is 6.07 Å². The zero-order valence-corrected chi connectivity index (χ0v) is 19.4. The van der Waals surface area contributed by atoms with Crippen LogP contribution in [0, 0.1) is 29.3 Å². The number of halogens is 4. The number of hydrogen-bond acceptors (Lipinski definition) is 4. The maximum absolute atomic E-state index is 13.5. The molecule has 2 saturated carbocycles. The number of nitrogens with one attached hydrogen (secondary N) is 2. The second-order valence-corrected chi connectivity index (χ2v) is 10.5. The number of hydrogen-bond donors (Lipinski definition) is 3. The number of fused-ring (bicyclic) bond motifs is 2. The Morgan fingerprint density at radius 1 is 1.15 bits per heavy atom. The summed E-state index contributed by atoms with van der Waals surface area (Å²) < 4.78 is 40.1. The summed E-state index contributed by atoms with van der Waals surface area (Å²) in [5, 5.41) is 14.5. The first-order valence-corrected chi connectivity index (χ1v) is 12.2. The molecule has 1 aromatic heterocycles. The van der Waals surface area contributed by atoms with Crippen LogP contribution in [0.25, 0.3) is 0 Å². The molecule has 3 unspecified atom stereocenters. The number of aromatic nitrogens is 2. The number of benzene rings is 2. The van der Waals surface area contributed by atoms with Crippen molar-refractivity contribution in [3.05, 3.63) is 76.6 Å². The Kier molecular flexibility index (Phi) is 6.12. The second-order valence-electron chi connectivity index (χ2n) is 8.80. The molecule has 0 spiro atoms. The standard InChI is InChI=1S/C24H21ClF3N3O2S/c25-17-4-1-12(22(32)31-15-10-18(26)21(28)19(27)11-15)7-20(17)34-16-8-13-2-3-14(9-16)24(13,33)23-29-5-6-30-23/h1,4-7,10-11,13-14,16,33H,2-3,8-9H2,(H,29,30)(H,31,32)/t13-,14?,16?,24?/m0/s1. The van der Waals surface area contributed by atoms with Crippen molar-refractivity contribution in [3.63, 3.8) is 0 Å². The summed E-state index contributed by atoms with van der Waals surface area (Å²) in [6, 6.07) is 6.19. The minimum absolute atomic E-state index is 0.0726. The summed E-state index contributed by atoms with van der Waals surface area (Å²) in [6.45, 7) is 0. The third kappa shape index (κ3) is 4.10. The van der Waals surface area contributed by atoms with Crippen LogP contribution in [0.2, 0.25) is 5.02 Å². The van der Waals surface area contributed by atoms with E-state index < -0.39 is 29.0 Å². The minimum atomic E-state index is -1.59. The van der Waals surface area contributed by atoms with Gasteiger partial charge in [0.2, 0.25) is 0 Å². The molecule has 0 radical (unpaired) electrons. The van der Waals surface area contributed by atoms with Crippen molar-refractivity contribution in [2.24, 2.45) is 11.8 Å². The van der Waals surface area contributed by atoms with Crippen LogP contribution in [0.15, 0.2) is 47.6 Å². The van der Waals surface area contributed by atoms with Crippen molar-refractivity contribution in [2.75, 3.05) is 5.32 Å². The van der Waals surface area contributed by atoms with Crippen molar-refractivity contribution in [1.82, 2.24) is 9.97 Å². The molecular weight excluding hydrogens is 487 g/mol. The summed E-state index contributed by atoms with van der Waals surface area (Å²) in [4.78, 5) is 20.8. The smallest absolute Gasteiger partial charge is 0.255 e. The van der Waals surface area contributed by atoms with E-state index >= 15 is 0 Å². The fraction of sp³-hybridized carbons (Fsp3) is 0.333. The molecule has 5 rings (SSSR count). The number of nitrogens with zero attached hydrogens (tertiary/aromatic N) is 1. The molecule has 34 heavy (non-hydrogen) atoms. The summed E-state index contributed by atoms with van der Waals surface area (Å²) in [5.41, 5.74) is -0.888. The van der Waals surface area contributed by atoms with Gasteiger partial charge in [-0.2, -0.15) is 0 Å². The van der Waals surface area contributed by atoms with Crippen LogP contribution in [0.4, 0.5) is 18.9 Å². The van der Waals surface area contributed by atoms with E-state index in [9.17, 15) is 23.1 Å². The SMILES string of the molecule is O=C(Nc1cc(F)c(F)c(F)c1)c1ccc(Cl)c(SC2CC3CC[C@@H](C2)C3(O)c2ncc[nH]2)c1. The summed E-state index contributed by atoms with van der Waals surface area (Å²) in [7, 11) is 0. The number of rotatable bonds is 5. The van der Waals surface area contributed by atoms with E-state index in [0.717, 1.165) is 37.8 Å². The lowest BCUT2D eigenvalue weighted by Gasteiger charge is -2.41. The van der Waals surface area contributed by atoms with Gasteiger partial charge >= 0.3 is 0 Å². The Balaban J connectivity index is 1.31. The Morgan fingerprint density at radius 2 is 1.82 bits per heavy atom. The molecular formula is C24H21ClF3N3O2S. The molecule has 2 aliphatic rings. The molecule has 3 aromatic rings. The average Bonchev–Trinajstić information content (AvgIpc) is 3.38. The number of carbonyl (C=O) groups is 1. The van der Waals surface area contributed by atoms with Crippen LogP contribution in [-0.2, 0) is 5.60 Å². The van der Waals surface area contributed by atoms with Gasteiger partial charge in [0.25, 0.3) is 5.91 Å². The van der Waals surface area contributed by atoms with Gasteiger partial charge in [0.05, 0.1) is 5.02 Å². The van der Waals surface area contributed by atoms with E-state index in [1.807, 2.05) is 0 Å². The van der Waals surface area contributed by atoms with E-state index in [2.05, 4.69) is 15.3 Å². The van der Waals surface area contributed by atoms with Crippen LogP contribution in [0.1, 0.15) is 41.9 Å². The molecule has 2 aliphatic carbocycles. The van der Waals surface area contributed by atoms with Crippen molar-refractivity contribution in [3.8, 4) is 0 Å². The van der Waals surface area contributed by atoms with Gasteiger partial charge < -0.3 is 15.4 Å². The van der Waals surface area contributed by atoms with Gasteiger partial charge in [0, 0.05) is 45.9 Å². The van der Waals surface area contributed by atoms with Crippen LogP contribution in [0.3, 0.4) is 0 Å². The average molecular weight is 508 g/mol. The molecule has 10 heteroatoms. The highest BCUT2D eigenvalue weighted by Gasteiger charge is 2.55. The highest BCUT2D eigenvalue weighted by atomic mass is 35.5. The van der Waals surface area contributed by atoms with Crippen molar-refractivity contribution in [1.29, 1.82) is 0 Å². The van der Waals surface area contributed by atoms with Gasteiger partial charge in [-0.15, -0.1) is 11.8 Å². The zero-order chi connectivity index (χ0) is 24.0. The van der Waals surface area contributed by atoms with Crippen molar-refractivity contribution < 1.29 is 23.1 Å². The molecule has 4 atom stereocenters. The van der Waals surface area contributed by atoms with Crippen LogP contribution in [-0.4, -0.2) is 26.2 Å². The highest BCUT2D eigenvalue weighted by molar-refractivity contribution is 8.00. The lowest BCUT2D eigenvalue weighted by molar-refractivity contribution is -0.0708. The van der Waals surface area contributed by atoms with Gasteiger partial charge in [0.15, 0.2) is 17.5 Å². The monoisotopic (exact) mass is 507 g/mol. The number of anilines is 1. The number of aromatic amines is 1. The minimum Gasteiger partial charge on any atom is -0.381 e. The molecule has 1 heterocycles. The van der Waals surface area contributed by atoms with Crippen LogP contribution in [0.5, 0.6) is 0 Å². The lowest BCUT2D eigenvalue weighted by atomic mass is 9.74. The van der Waals surface area contributed by atoms with Crippen molar-refractivity contribution in [2.45, 2.75) is 41.4 Å². The molecule has 5 nitrogen and oxygen atoms in total. The molecule has 178 valence electrons. The number of thioether (sulfide) groups is 1. The Hall–Kier alpha value is -2.49. The number of aliphatic hydroxyl groups is 1. The largest absolute Gasteiger partial charge is 0.381 e. The van der Waals surface area contributed by atoms with Gasteiger partial charge in [-0.05, 0) is 55.7 Å². The quantitative estimate of drug-likeness (QED) is 0.376. The first kappa shape index (κ1) is 23.3. The Morgan fingerprint density at radius 3 is 2.44 bits per heavy atom. The van der Waals surface area contributed by atoms with E-state index in [4.69, 9.17) is 11.6 Å². The molecule has 2 bridgehead atoms. The highest BCUT2D eigenvalue weighted by Crippen LogP contribution is 2.57. The van der Waals surface area contributed by atoms with E-state index in [1.54, 1.807) is 36.3 Å². The Labute approximate surface area is 203 Å². The number of H-pyrrole nitrogens is 1. The molecule has 3 N–H and O–H groups in total. The first-order chi connectivity index (χ1) is 16.3. The van der Waals surface area contributed by atoms with Crippen LogP contribution >= 0.6 is 23.4 Å². The fourth-order valence-corrected chi connectivity index (χ4v) is 6.86. The van der Waals surface area contributed by atoms with Crippen molar-refractivity contribution >= 4 is 35.0 Å². The Bertz CT molecular complexity index is 1200. The first-order valence-electron chi connectivity index (χ1n) is 10.9. The van der Waals surface area contributed by atoms with Gasteiger partial charge in [0.1, 0.15) is 11.4 Å². The lowest BCUT2D eigenvalue weighted by Crippen LogP contribution is -2.44. The maximum Gasteiger partial charge on any atom is 0.255 e. The van der Waals surface area contributed by atoms with Gasteiger partial charge in [-0.25, -0.2) is 18.2 Å². The molecule has 0 aliphatic heterocycles. The summed E-state index contributed by atoms with van der Waals surface area (Å²) in [5.74, 6) is -4.20. The molecule has 2 fully saturated rings. The fourth-order valence-electron chi connectivity index (χ4n) is 5.21. The number of carbonyl (C=O) groups excluding carboxylic acids is 1. The van der Waals surface area contributed by atoms with E-state index in [-0.39, 0.29) is 28.3 Å². The topological polar surface area (TPSA) is 78.0 Å². The maximum atomic E-state index is 13.5. The predicted octanol–water partition coefficient (Wildman–Crippen LogP) is 5.90. The summed E-state index contributed by atoms with van der Waals surface area (Å²) >= 11 is 7.97. The van der Waals surface area contributed by atoms with E-state index in [0.29, 0.717) is 15.7 Å².